The molecule has 4 nitrogen and oxygen atoms in total. The van der Waals surface area contributed by atoms with Crippen molar-refractivity contribution in [1.82, 2.24) is 10.0 Å². The van der Waals surface area contributed by atoms with Crippen LogP contribution in [0.25, 0.3) is 0 Å². The van der Waals surface area contributed by atoms with Gasteiger partial charge in [0, 0.05) is 23.6 Å². The van der Waals surface area contributed by atoms with Gasteiger partial charge in [0.15, 0.2) is 0 Å². The summed E-state index contributed by atoms with van der Waals surface area (Å²) >= 11 is 4.49. The zero-order chi connectivity index (χ0) is 14.4. The molecule has 1 heterocycles. The summed E-state index contributed by atoms with van der Waals surface area (Å²) in [6.45, 7) is 1.12. The number of sulfonamides is 1. The van der Waals surface area contributed by atoms with Crippen molar-refractivity contribution < 1.29 is 8.42 Å². The van der Waals surface area contributed by atoms with Crippen molar-refractivity contribution in [3.8, 4) is 0 Å². The molecule has 0 bridgehead atoms. The minimum atomic E-state index is -3.38. The molecule has 0 aromatic carbocycles. The first kappa shape index (κ1) is 16.4. The van der Waals surface area contributed by atoms with Crippen LogP contribution in [0.2, 0.25) is 0 Å². The summed E-state index contributed by atoms with van der Waals surface area (Å²) in [5.74, 6) is 0. The molecule has 1 fully saturated rings. The van der Waals surface area contributed by atoms with Crippen LogP contribution in [0.5, 0.6) is 0 Å². The van der Waals surface area contributed by atoms with Crippen molar-refractivity contribution >= 4 is 37.3 Å². The molecule has 1 aromatic heterocycles. The fourth-order valence-corrected chi connectivity index (χ4v) is 5.89. The van der Waals surface area contributed by atoms with Gasteiger partial charge in [-0.1, -0.05) is 25.7 Å². The smallest absolute Gasteiger partial charge is 0.251 e. The summed E-state index contributed by atoms with van der Waals surface area (Å²) in [5, 5.41) is 5.23. The van der Waals surface area contributed by atoms with E-state index in [4.69, 9.17) is 0 Å². The van der Waals surface area contributed by atoms with Crippen LogP contribution in [-0.2, 0) is 10.0 Å². The van der Waals surface area contributed by atoms with Crippen molar-refractivity contribution in [3.05, 3.63) is 15.9 Å². The Hall–Kier alpha value is 0.0500. The summed E-state index contributed by atoms with van der Waals surface area (Å²) in [4.78, 5) is 0. The van der Waals surface area contributed by atoms with Crippen LogP contribution in [0.4, 0.5) is 0 Å². The molecule has 114 valence electrons. The van der Waals surface area contributed by atoms with Gasteiger partial charge in [0.25, 0.3) is 10.0 Å². The van der Waals surface area contributed by atoms with E-state index in [2.05, 4.69) is 26.0 Å². The third kappa shape index (κ3) is 4.80. The number of halogens is 1. The van der Waals surface area contributed by atoms with Gasteiger partial charge in [-0.15, -0.1) is 11.3 Å². The lowest BCUT2D eigenvalue weighted by atomic mass is 10.1. The fourth-order valence-electron chi connectivity index (χ4n) is 2.48. The first-order valence-electron chi connectivity index (χ1n) is 7.05. The highest BCUT2D eigenvalue weighted by Gasteiger charge is 2.18. The van der Waals surface area contributed by atoms with Crippen LogP contribution in [0.1, 0.15) is 38.5 Å². The average molecular weight is 381 g/mol. The molecule has 0 atom stereocenters. The van der Waals surface area contributed by atoms with E-state index in [1.165, 1.54) is 49.9 Å². The molecule has 1 aliphatic carbocycles. The van der Waals surface area contributed by atoms with E-state index in [1.54, 1.807) is 11.4 Å². The van der Waals surface area contributed by atoms with Crippen molar-refractivity contribution in [2.75, 3.05) is 13.1 Å². The van der Waals surface area contributed by atoms with E-state index in [0.29, 0.717) is 27.8 Å². The normalized spacial score (nSPS) is 18.1. The van der Waals surface area contributed by atoms with Gasteiger partial charge >= 0.3 is 0 Å². The standard InChI is InChI=1S/C13H21BrN2O2S2/c14-12-7-10-19-13(12)20(17,18)16-9-8-15-11-5-3-1-2-4-6-11/h7,10-11,15-16H,1-6,8-9H2. The minimum Gasteiger partial charge on any atom is -0.313 e. The second-order valence-corrected chi connectivity index (χ2v) is 8.83. The topological polar surface area (TPSA) is 58.2 Å². The van der Waals surface area contributed by atoms with Gasteiger partial charge in [-0.05, 0) is 40.2 Å². The van der Waals surface area contributed by atoms with Crippen LogP contribution in [0, 0.1) is 0 Å². The molecule has 2 N–H and O–H groups in total. The monoisotopic (exact) mass is 380 g/mol. The maximum Gasteiger partial charge on any atom is 0.251 e. The largest absolute Gasteiger partial charge is 0.313 e. The molecule has 7 heteroatoms. The summed E-state index contributed by atoms with van der Waals surface area (Å²) in [6, 6.07) is 2.30. The number of hydrogen-bond acceptors (Lipinski definition) is 4. The average Bonchev–Trinajstić information content (AvgIpc) is 2.70. The van der Waals surface area contributed by atoms with Gasteiger partial charge < -0.3 is 5.32 Å². The lowest BCUT2D eigenvalue weighted by Crippen LogP contribution is -2.36. The van der Waals surface area contributed by atoms with E-state index in [0.717, 1.165) is 0 Å². The molecule has 1 saturated carbocycles. The number of hydrogen-bond donors (Lipinski definition) is 2. The Balaban J connectivity index is 1.74. The number of rotatable bonds is 6. The zero-order valence-electron chi connectivity index (χ0n) is 11.4. The molecule has 0 unspecified atom stereocenters. The second-order valence-electron chi connectivity index (χ2n) is 5.10. The van der Waals surface area contributed by atoms with Gasteiger partial charge in [0.1, 0.15) is 4.21 Å². The van der Waals surface area contributed by atoms with Crippen LogP contribution in [0.3, 0.4) is 0 Å². The molecule has 1 aliphatic rings. The third-order valence-corrected chi connectivity index (χ3v) is 7.66. The second kappa shape index (κ2) is 7.89. The SMILES string of the molecule is O=S(=O)(NCCNC1CCCCCC1)c1sccc1Br. The Bertz CT molecular complexity index is 508. The van der Waals surface area contributed by atoms with Gasteiger partial charge in [-0.2, -0.15) is 0 Å². The van der Waals surface area contributed by atoms with E-state index in [9.17, 15) is 8.42 Å². The summed E-state index contributed by atoms with van der Waals surface area (Å²) < 4.78 is 27.8. The van der Waals surface area contributed by atoms with Gasteiger partial charge in [0.05, 0.1) is 0 Å². The predicted octanol–water partition coefficient (Wildman–Crippen LogP) is 3.10. The minimum absolute atomic E-state index is 0.354. The van der Waals surface area contributed by atoms with Crippen molar-refractivity contribution in [2.45, 2.75) is 48.8 Å². The van der Waals surface area contributed by atoms with Crippen LogP contribution < -0.4 is 10.0 Å². The Morgan fingerprint density at radius 3 is 2.50 bits per heavy atom. The molecule has 0 amide bonds. The quantitative estimate of drug-likeness (QED) is 0.588. The van der Waals surface area contributed by atoms with Crippen molar-refractivity contribution in [1.29, 1.82) is 0 Å². The Kier molecular flexibility index (Phi) is 6.48. The summed E-state index contributed by atoms with van der Waals surface area (Å²) in [7, 11) is -3.38. The highest BCUT2D eigenvalue weighted by molar-refractivity contribution is 9.10. The van der Waals surface area contributed by atoms with Gasteiger partial charge in [-0.3, -0.25) is 0 Å². The van der Waals surface area contributed by atoms with E-state index >= 15 is 0 Å². The van der Waals surface area contributed by atoms with Crippen molar-refractivity contribution in [2.24, 2.45) is 0 Å². The van der Waals surface area contributed by atoms with Gasteiger partial charge in [-0.25, -0.2) is 13.1 Å². The van der Waals surface area contributed by atoms with Gasteiger partial charge in [0.2, 0.25) is 0 Å². The fraction of sp³-hybridized carbons (Fsp3) is 0.692. The first-order chi connectivity index (χ1) is 9.59. The highest BCUT2D eigenvalue weighted by Crippen LogP contribution is 2.27. The first-order valence-corrected chi connectivity index (χ1v) is 10.2. The van der Waals surface area contributed by atoms with Crippen molar-refractivity contribution in [3.63, 3.8) is 0 Å². The lowest BCUT2D eigenvalue weighted by Gasteiger charge is -2.16. The molecule has 20 heavy (non-hydrogen) atoms. The molecule has 0 radical (unpaired) electrons. The summed E-state index contributed by atoms with van der Waals surface area (Å²) in [5.41, 5.74) is 0. The predicted molar refractivity (Wildman–Crippen MR) is 86.7 cm³/mol. The van der Waals surface area contributed by atoms with Crippen LogP contribution in [-0.4, -0.2) is 27.5 Å². The molecule has 0 aliphatic heterocycles. The van der Waals surface area contributed by atoms with E-state index in [1.807, 2.05) is 0 Å². The molecule has 2 rings (SSSR count). The lowest BCUT2D eigenvalue weighted by molar-refractivity contribution is 0.461. The van der Waals surface area contributed by atoms with Crippen LogP contribution in [0.15, 0.2) is 20.1 Å². The number of thiophene rings is 1. The molecule has 0 spiro atoms. The maximum absolute atomic E-state index is 12.1. The Morgan fingerprint density at radius 1 is 1.20 bits per heavy atom. The summed E-state index contributed by atoms with van der Waals surface area (Å²) in [6.07, 6.45) is 7.65. The van der Waals surface area contributed by atoms with E-state index < -0.39 is 10.0 Å². The molecular formula is C13H21BrN2O2S2. The maximum atomic E-state index is 12.1. The molecule has 0 saturated heterocycles. The Morgan fingerprint density at radius 2 is 1.90 bits per heavy atom. The Labute approximate surface area is 133 Å². The number of nitrogens with one attached hydrogen (secondary N) is 2. The molecular weight excluding hydrogens is 360 g/mol. The zero-order valence-corrected chi connectivity index (χ0v) is 14.6. The van der Waals surface area contributed by atoms with E-state index in [-0.39, 0.29) is 0 Å². The highest BCUT2D eigenvalue weighted by atomic mass is 79.9. The molecule has 1 aromatic rings. The van der Waals surface area contributed by atoms with Crippen LogP contribution >= 0.6 is 27.3 Å². The third-order valence-electron chi connectivity index (χ3n) is 3.53.